The summed E-state index contributed by atoms with van der Waals surface area (Å²) in [5.41, 5.74) is 16.5. The normalized spacial score (nSPS) is 14.3. The molecule has 0 heterocycles. The molecule has 12 nitrogen and oxygen atoms in total. The second-order valence-corrected chi connectivity index (χ2v) is 22.1. The van der Waals surface area contributed by atoms with Gasteiger partial charge in [0.2, 0.25) is 0 Å². The third-order valence-electron chi connectivity index (χ3n) is 4.51. The molecule has 0 amide bonds. The number of hydrogen-bond acceptors (Lipinski definition) is 8. The van der Waals surface area contributed by atoms with Crippen molar-refractivity contribution in [2.24, 2.45) is 10.2 Å². The van der Waals surface area contributed by atoms with Crippen molar-refractivity contribution in [2.45, 2.75) is 76.4 Å². The Kier molecular flexibility index (Phi) is 16.1. The summed E-state index contributed by atoms with van der Waals surface area (Å²) in [6, 6.07) is 1.85. The molecule has 0 aliphatic heterocycles. The van der Waals surface area contributed by atoms with Gasteiger partial charge in [-0.3, -0.25) is 0 Å². The largest absolute Gasteiger partial charge is 0.437 e. The predicted molar refractivity (Wildman–Crippen MR) is 135 cm³/mol. The highest BCUT2D eigenvalue weighted by atomic mass is 28.5. The third kappa shape index (κ3) is 19.1. The van der Waals surface area contributed by atoms with Crippen molar-refractivity contribution in [3.63, 3.8) is 0 Å². The van der Waals surface area contributed by atoms with Gasteiger partial charge in [0.05, 0.1) is 38.5 Å². The van der Waals surface area contributed by atoms with Crippen molar-refractivity contribution in [1.29, 1.82) is 0 Å². The maximum Gasteiger partial charge on any atom is 0.311 e. The lowest BCUT2D eigenvalue weighted by Crippen LogP contribution is -2.52. The number of aliphatic hydroxyl groups is 2. The minimum Gasteiger partial charge on any atom is -0.437 e. The summed E-state index contributed by atoms with van der Waals surface area (Å²) in [5.74, 6) is 0. The van der Waals surface area contributed by atoms with Crippen molar-refractivity contribution in [3.05, 3.63) is 20.9 Å². The molecule has 0 spiro atoms. The molecule has 0 aromatic rings. The van der Waals surface area contributed by atoms with Crippen LogP contribution in [0, 0.1) is 0 Å². The summed E-state index contributed by atoms with van der Waals surface area (Å²) >= 11 is 0. The molecule has 0 saturated heterocycles. The fraction of sp³-hybridized carbons (Fsp3) is 1.00. The first-order valence-corrected chi connectivity index (χ1v) is 20.3. The average molecular weight is 523 g/mol. The van der Waals surface area contributed by atoms with Crippen LogP contribution in [-0.4, -0.2) is 87.1 Å². The smallest absolute Gasteiger partial charge is 0.311 e. The van der Waals surface area contributed by atoms with Gasteiger partial charge < -0.3 is 27.9 Å². The highest BCUT2D eigenvalue weighted by Crippen LogP contribution is 2.26. The second-order valence-electron chi connectivity index (χ2n) is 9.61. The monoisotopic (exact) mass is 522 g/mol. The molecule has 0 aromatic carbocycles. The summed E-state index contributed by atoms with van der Waals surface area (Å²) in [7, 11) is -6.19. The van der Waals surface area contributed by atoms with E-state index in [1.807, 2.05) is 0 Å². The predicted octanol–water partition coefficient (Wildman–Crippen LogP) is 4.29. The maximum absolute atomic E-state index is 9.60. The van der Waals surface area contributed by atoms with Crippen LogP contribution in [0.25, 0.3) is 20.9 Å². The van der Waals surface area contributed by atoms with Crippen LogP contribution in [0.15, 0.2) is 10.2 Å². The number of hydrogen-bond donors (Lipinski definition) is 2. The first kappa shape index (κ1) is 32.0. The van der Waals surface area contributed by atoms with E-state index in [2.05, 4.69) is 59.3 Å². The van der Waals surface area contributed by atoms with Crippen LogP contribution in [0.1, 0.15) is 12.8 Å². The topological polar surface area (TPSA) is 175 Å². The Morgan fingerprint density at radius 1 is 0.727 bits per heavy atom. The van der Waals surface area contributed by atoms with Gasteiger partial charge in [0, 0.05) is 23.0 Å². The molecule has 2 unspecified atom stereocenters. The fourth-order valence-electron chi connectivity index (χ4n) is 3.46. The Morgan fingerprint density at radius 3 is 1.42 bits per heavy atom. The van der Waals surface area contributed by atoms with Crippen LogP contribution in [0.3, 0.4) is 0 Å². The Bertz CT molecular complexity index is 593. The van der Waals surface area contributed by atoms with E-state index in [1.165, 1.54) is 0 Å². The van der Waals surface area contributed by atoms with Crippen LogP contribution >= 0.6 is 0 Å². The highest BCUT2D eigenvalue weighted by molar-refractivity contribution is 6.87. The maximum atomic E-state index is 9.60. The van der Waals surface area contributed by atoms with Crippen molar-refractivity contribution in [3.8, 4) is 0 Å². The van der Waals surface area contributed by atoms with E-state index < -0.39 is 37.4 Å². The molecule has 33 heavy (non-hydrogen) atoms. The van der Waals surface area contributed by atoms with Crippen LogP contribution < -0.4 is 0 Å². The molecule has 0 bridgehead atoms. The average Bonchev–Trinajstić information content (AvgIpc) is 2.68. The molecule has 0 saturated carbocycles. The molecule has 0 aliphatic carbocycles. The molecule has 2 N–H and O–H groups in total. The molecule has 0 fully saturated rings. The molecule has 0 aromatic heterocycles. The number of nitrogens with zero attached hydrogens (tertiary/aromatic N) is 6. The van der Waals surface area contributed by atoms with Crippen LogP contribution in [-0.2, 0) is 17.7 Å². The standard InChI is InChI=1S/C18H42N6O6Si3/c1-31(2,11-7-9-27-15-17(25)13-21-23-19)29-33(5,6)30-32(3,4)12-8-10-28-16-18(26)14-22-24-20/h17-18,25-26H,7-16H2,1-6H3. The van der Waals surface area contributed by atoms with Crippen molar-refractivity contribution < 1.29 is 27.9 Å². The minimum absolute atomic E-state index is 0.0160. The zero-order chi connectivity index (χ0) is 25.4. The van der Waals surface area contributed by atoms with Gasteiger partial charge in [0.1, 0.15) is 0 Å². The van der Waals surface area contributed by atoms with Crippen molar-refractivity contribution in [2.75, 3.05) is 39.5 Å². The molecule has 192 valence electrons. The number of rotatable bonds is 20. The summed E-state index contributed by atoms with van der Waals surface area (Å²) < 4.78 is 24.1. The second kappa shape index (κ2) is 16.6. The summed E-state index contributed by atoms with van der Waals surface area (Å²) in [6.45, 7) is 14.3. The number of aliphatic hydroxyl groups excluding tert-OH is 2. The van der Waals surface area contributed by atoms with Gasteiger partial charge in [-0.25, -0.2) is 0 Å². The van der Waals surface area contributed by atoms with E-state index in [0.29, 0.717) is 13.2 Å². The van der Waals surface area contributed by atoms with Gasteiger partial charge in [-0.2, -0.15) is 0 Å². The fourth-order valence-corrected chi connectivity index (χ4v) is 17.5. The third-order valence-corrected chi connectivity index (χ3v) is 16.0. The van der Waals surface area contributed by atoms with E-state index in [4.69, 9.17) is 28.8 Å². The van der Waals surface area contributed by atoms with E-state index in [-0.39, 0.29) is 26.3 Å². The Labute approximate surface area is 200 Å². The molecular weight excluding hydrogens is 480 g/mol. The van der Waals surface area contributed by atoms with Gasteiger partial charge in [-0.05, 0) is 75.3 Å². The van der Waals surface area contributed by atoms with Crippen LogP contribution in [0.5, 0.6) is 0 Å². The van der Waals surface area contributed by atoms with E-state index in [9.17, 15) is 10.2 Å². The summed E-state index contributed by atoms with van der Waals surface area (Å²) in [4.78, 5) is 5.23. The van der Waals surface area contributed by atoms with E-state index in [0.717, 1.165) is 24.9 Å². The summed E-state index contributed by atoms with van der Waals surface area (Å²) in [5, 5.41) is 25.8. The van der Waals surface area contributed by atoms with Crippen molar-refractivity contribution in [1.82, 2.24) is 0 Å². The number of ether oxygens (including phenoxy) is 2. The number of azide groups is 2. The molecule has 0 radical (unpaired) electrons. The Hall–Kier alpha value is -0.969. The summed E-state index contributed by atoms with van der Waals surface area (Å²) in [6.07, 6.45) is 0.119. The Balaban J connectivity index is 4.25. The molecule has 0 aliphatic rings. The SMILES string of the molecule is C[Si](C)(CCCOCC(O)CN=[N+]=[N-])O[Si](C)(C)O[Si](C)(C)CCCOCC(O)CN=[N+]=[N-]. The van der Waals surface area contributed by atoms with E-state index >= 15 is 0 Å². The van der Waals surface area contributed by atoms with E-state index in [1.54, 1.807) is 0 Å². The minimum atomic E-state index is -2.31. The van der Waals surface area contributed by atoms with Gasteiger partial charge in [0.15, 0.2) is 16.6 Å². The van der Waals surface area contributed by atoms with Gasteiger partial charge in [-0.15, -0.1) is 0 Å². The molecular formula is C18H42N6O6Si3. The zero-order valence-electron chi connectivity index (χ0n) is 20.9. The highest BCUT2D eigenvalue weighted by Gasteiger charge is 2.39. The van der Waals surface area contributed by atoms with Gasteiger partial charge in [-0.1, -0.05) is 10.2 Å². The Morgan fingerprint density at radius 2 is 1.09 bits per heavy atom. The zero-order valence-corrected chi connectivity index (χ0v) is 23.9. The van der Waals surface area contributed by atoms with Crippen molar-refractivity contribution >= 4 is 25.2 Å². The lowest BCUT2D eigenvalue weighted by Gasteiger charge is -2.38. The molecule has 0 rings (SSSR count). The first-order chi connectivity index (χ1) is 15.3. The van der Waals surface area contributed by atoms with Gasteiger partial charge >= 0.3 is 8.56 Å². The lowest BCUT2D eigenvalue weighted by atomic mass is 10.4. The molecule has 15 heteroatoms. The quantitative estimate of drug-likeness (QED) is 0.0792. The lowest BCUT2D eigenvalue weighted by molar-refractivity contribution is 0.0414. The van der Waals surface area contributed by atoms with Gasteiger partial charge in [0.25, 0.3) is 0 Å². The van der Waals surface area contributed by atoms with Crippen LogP contribution in [0.4, 0.5) is 0 Å². The first-order valence-electron chi connectivity index (χ1n) is 11.3. The van der Waals surface area contributed by atoms with Crippen LogP contribution in [0.2, 0.25) is 51.4 Å². The molecule has 2 atom stereocenters.